The first kappa shape index (κ1) is 10.8. The molecule has 0 spiro atoms. The first-order valence-corrected chi connectivity index (χ1v) is 6.47. The van der Waals surface area contributed by atoms with Crippen LogP contribution in [0.3, 0.4) is 0 Å². The molecule has 0 saturated carbocycles. The van der Waals surface area contributed by atoms with E-state index in [9.17, 15) is 4.79 Å². The molecule has 0 aromatic heterocycles. The van der Waals surface area contributed by atoms with E-state index in [1.807, 2.05) is 29.7 Å². The number of thioether (sulfide) groups is 1. The highest BCUT2D eigenvalue weighted by molar-refractivity contribution is 9.10. The molecule has 1 aromatic rings. The average molecular weight is 284 g/mol. The fourth-order valence-corrected chi connectivity index (χ4v) is 2.28. The van der Waals surface area contributed by atoms with Crippen LogP contribution >= 0.6 is 27.7 Å². The van der Waals surface area contributed by atoms with Crippen molar-refractivity contribution in [2.24, 2.45) is 0 Å². The Morgan fingerprint density at radius 3 is 2.67 bits per heavy atom. The smallest absolute Gasteiger partial charge is 0.209 e. The molecule has 0 atom stereocenters. The van der Waals surface area contributed by atoms with Gasteiger partial charge in [-0.25, -0.2) is 0 Å². The Morgan fingerprint density at radius 1 is 1.33 bits per heavy atom. The number of carbonyl (C=O) groups excluding carboxylic acids is 1. The van der Waals surface area contributed by atoms with E-state index in [0.29, 0.717) is 5.70 Å². The summed E-state index contributed by atoms with van der Waals surface area (Å²) >= 11 is 5.02. The third-order valence-electron chi connectivity index (χ3n) is 2.09. The highest BCUT2D eigenvalue weighted by Crippen LogP contribution is 2.16. The van der Waals surface area contributed by atoms with Crippen LogP contribution in [0.25, 0.3) is 0 Å². The molecular weight excluding hydrogens is 274 g/mol. The maximum atomic E-state index is 12.0. The number of rotatable bonds is 2. The fourth-order valence-electron chi connectivity index (χ4n) is 1.32. The van der Waals surface area contributed by atoms with Crippen molar-refractivity contribution in [1.82, 2.24) is 5.32 Å². The van der Waals surface area contributed by atoms with Crippen molar-refractivity contribution >= 4 is 33.5 Å². The van der Waals surface area contributed by atoms with Crippen LogP contribution < -0.4 is 5.32 Å². The number of carbonyl (C=O) groups is 1. The Kier molecular flexibility index (Phi) is 3.49. The van der Waals surface area contributed by atoms with Crippen LogP contribution in [-0.4, -0.2) is 18.1 Å². The van der Waals surface area contributed by atoms with Gasteiger partial charge >= 0.3 is 0 Å². The van der Waals surface area contributed by atoms with Crippen molar-refractivity contribution in [3.63, 3.8) is 0 Å². The zero-order valence-corrected chi connectivity index (χ0v) is 10.4. The van der Waals surface area contributed by atoms with Crippen molar-refractivity contribution in [1.29, 1.82) is 0 Å². The number of allylic oxidation sites excluding steroid dienone is 1. The molecule has 0 fully saturated rings. The van der Waals surface area contributed by atoms with E-state index in [4.69, 9.17) is 0 Å². The second-order valence-corrected chi connectivity index (χ2v) is 5.06. The third kappa shape index (κ3) is 2.63. The summed E-state index contributed by atoms with van der Waals surface area (Å²) in [6.45, 7) is 0.860. The number of halogens is 1. The lowest BCUT2D eigenvalue weighted by molar-refractivity contribution is 0.102. The summed E-state index contributed by atoms with van der Waals surface area (Å²) in [6, 6.07) is 7.41. The largest absolute Gasteiger partial charge is 0.381 e. The second kappa shape index (κ2) is 4.86. The van der Waals surface area contributed by atoms with Crippen LogP contribution in [0.2, 0.25) is 0 Å². The second-order valence-electron chi connectivity index (χ2n) is 3.17. The molecule has 1 aliphatic rings. The minimum atomic E-state index is 0.0645. The summed E-state index contributed by atoms with van der Waals surface area (Å²) in [7, 11) is 0. The molecule has 0 unspecified atom stereocenters. The van der Waals surface area contributed by atoms with Gasteiger partial charge in [-0.2, -0.15) is 0 Å². The molecule has 1 N–H and O–H groups in total. The molecule has 4 heteroatoms. The van der Waals surface area contributed by atoms with E-state index in [1.165, 1.54) is 0 Å². The van der Waals surface area contributed by atoms with Crippen LogP contribution in [0.1, 0.15) is 10.4 Å². The first-order valence-electron chi connectivity index (χ1n) is 4.63. The van der Waals surface area contributed by atoms with Gasteiger partial charge in [-0.1, -0.05) is 15.9 Å². The van der Waals surface area contributed by atoms with E-state index >= 15 is 0 Å². The van der Waals surface area contributed by atoms with Gasteiger partial charge in [0.25, 0.3) is 0 Å². The Hall–Kier alpha value is -0.740. The van der Waals surface area contributed by atoms with E-state index in [0.717, 1.165) is 22.3 Å². The Bertz CT molecular complexity index is 400. The zero-order chi connectivity index (χ0) is 10.7. The molecular formula is C11H10BrNOS. The monoisotopic (exact) mass is 283 g/mol. The number of hydrogen-bond donors (Lipinski definition) is 1. The lowest BCUT2D eigenvalue weighted by atomic mass is 10.1. The van der Waals surface area contributed by atoms with Gasteiger partial charge in [-0.15, -0.1) is 11.8 Å². The highest BCUT2D eigenvalue weighted by Gasteiger charge is 2.13. The standard InChI is InChI=1S/C11H10BrNOS/c12-9-3-1-8(2-4-9)11(14)10-7-15-6-5-13-10/h1-4,7,13H,5-6H2. The first-order chi connectivity index (χ1) is 7.27. The lowest BCUT2D eigenvalue weighted by Gasteiger charge is -2.13. The summed E-state index contributed by atoms with van der Waals surface area (Å²) in [6.07, 6.45) is 0. The van der Waals surface area contributed by atoms with Gasteiger partial charge in [0.15, 0.2) is 0 Å². The molecule has 0 radical (unpaired) electrons. The molecule has 0 amide bonds. The predicted molar refractivity (Wildman–Crippen MR) is 67.0 cm³/mol. The van der Waals surface area contributed by atoms with Gasteiger partial charge in [0.2, 0.25) is 5.78 Å². The SMILES string of the molecule is O=C(C1=CSCCN1)c1ccc(Br)cc1. The van der Waals surface area contributed by atoms with Crippen LogP contribution in [0.15, 0.2) is 39.8 Å². The maximum Gasteiger partial charge on any atom is 0.209 e. The molecule has 2 nitrogen and oxygen atoms in total. The van der Waals surface area contributed by atoms with Crippen LogP contribution in [0.4, 0.5) is 0 Å². The summed E-state index contributed by atoms with van der Waals surface area (Å²) in [5.74, 6) is 1.09. The number of hydrogen-bond acceptors (Lipinski definition) is 3. The normalized spacial score (nSPS) is 15.4. The van der Waals surface area contributed by atoms with E-state index in [-0.39, 0.29) is 5.78 Å². The highest BCUT2D eigenvalue weighted by atomic mass is 79.9. The van der Waals surface area contributed by atoms with Crippen LogP contribution in [0.5, 0.6) is 0 Å². The molecule has 0 aliphatic carbocycles. The summed E-state index contributed by atoms with van der Waals surface area (Å²) in [4.78, 5) is 12.0. The van der Waals surface area contributed by atoms with Gasteiger partial charge in [0.05, 0.1) is 5.70 Å². The summed E-state index contributed by atoms with van der Waals surface area (Å²) in [5.41, 5.74) is 1.42. The van der Waals surface area contributed by atoms with Crippen molar-refractivity contribution in [3.05, 3.63) is 45.4 Å². The Balaban J connectivity index is 2.20. The quantitative estimate of drug-likeness (QED) is 0.847. The molecule has 15 heavy (non-hydrogen) atoms. The van der Waals surface area contributed by atoms with E-state index in [2.05, 4.69) is 21.2 Å². The fraction of sp³-hybridized carbons (Fsp3) is 0.182. The van der Waals surface area contributed by atoms with Gasteiger partial charge in [0.1, 0.15) is 0 Å². The molecule has 1 aromatic carbocycles. The lowest BCUT2D eigenvalue weighted by Crippen LogP contribution is -2.25. The van der Waals surface area contributed by atoms with E-state index < -0.39 is 0 Å². The number of Topliss-reactive ketones (excluding diaryl/α,β-unsaturated/α-hetero) is 1. The van der Waals surface area contributed by atoms with Crippen molar-refractivity contribution < 1.29 is 4.79 Å². The number of nitrogens with one attached hydrogen (secondary N) is 1. The predicted octanol–water partition coefficient (Wildman–Crippen LogP) is 2.81. The minimum Gasteiger partial charge on any atom is -0.381 e. The topological polar surface area (TPSA) is 29.1 Å². The van der Waals surface area contributed by atoms with Crippen molar-refractivity contribution in [2.75, 3.05) is 12.3 Å². The molecule has 0 saturated heterocycles. The minimum absolute atomic E-state index is 0.0645. The van der Waals surface area contributed by atoms with Gasteiger partial charge in [-0.3, -0.25) is 4.79 Å². The molecule has 1 aliphatic heterocycles. The van der Waals surface area contributed by atoms with E-state index in [1.54, 1.807) is 11.8 Å². The molecule has 1 heterocycles. The van der Waals surface area contributed by atoms with Crippen molar-refractivity contribution in [2.45, 2.75) is 0 Å². The molecule has 0 bridgehead atoms. The summed E-state index contributed by atoms with van der Waals surface area (Å²) in [5, 5.41) is 5.01. The maximum absolute atomic E-state index is 12.0. The zero-order valence-electron chi connectivity index (χ0n) is 8.00. The number of benzene rings is 1. The van der Waals surface area contributed by atoms with Crippen molar-refractivity contribution in [3.8, 4) is 0 Å². The van der Waals surface area contributed by atoms with Gasteiger partial charge < -0.3 is 5.32 Å². The van der Waals surface area contributed by atoms with Crippen LogP contribution in [0, 0.1) is 0 Å². The van der Waals surface area contributed by atoms with Gasteiger partial charge in [-0.05, 0) is 29.7 Å². The van der Waals surface area contributed by atoms with Crippen LogP contribution in [-0.2, 0) is 0 Å². The Labute approximate surface area is 101 Å². The molecule has 78 valence electrons. The Morgan fingerprint density at radius 2 is 2.07 bits per heavy atom. The average Bonchev–Trinajstić information content (AvgIpc) is 2.30. The summed E-state index contributed by atoms with van der Waals surface area (Å²) < 4.78 is 0.985. The van der Waals surface area contributed by atoms with Gasteiger partial charge in [0, 0.05) is 22.3 Å². The number of ketones is 1. The third-order valence-corrected chi connectivity index (χ3v) is 3.46. The molecule has 2 rings (SSSR count).